The number of nitrogens with one attached hydrogen (secondary N) is 4. The van der Waals surface area contributed by atoms with Gasteiger partial charge in [-0.1, -0.05) is 0 Å². The van der Waals surface area contributed by atoms with E-state index in [-0.39, 0.29) is 12.1 Å². The van der Waals surface area contributed by atoms with Crippen molar-refractivity contribution in [2.45, 2.75) is 19.9 Å². The summed E-state index contributed by atoms with van der Waals surface area (Å²) in [4.78, 5) is 32.4. The third-order valence-electron chi connectivity index (χ3n) is 4.84. The molecule has 0 aliphatic heterocycles. The smallest absolute Gasteiger partial charge is 0.319 e. The summed E-state index contributed by atoms with van der Waals surface area (Å²) in [6.45, 7) is 3.79. The van der Waals surface area contributed by atoms with Crippen LogP contribution in [0.2, 0.25) is 0 Å². The molecule has 34 heavy (non-hydrogen) atoms. The number of hydrogen-bond acceptors (Lipinski definition) is 7. The molecule has 0 saturated carbocycles. The van der Waals surface area contributed by atoms with Gasteiger partial charge in [0.05, 0.1) is 11.6 Å². The Morgan fingerprint density at radius 1 is 0.912 bits per heavy atom. The maximum atomic E-state index is 11.9. The normalized spacial score (nSPS) is 10.8. The Labute approximate surface area is 195 Å². The van der Waals surface area contributed by atoms with Crippen LogP contribution in [0.1, 0.15) is 24.2 Å². The molecular formula is C23H25N9O2. The molecular weight excluding hydrogens is 434 g/mol. The van der Waals surface area contributed by atoms with Gasteiger partial charge in [0.1, 0.15) is 5.82 Å². The zero-order chi connectivity index (χ0) is 24.2. The molecule has 4 aromatic rings. The van der Waals surface area contributed by atoms with Crippen molar-refractivity contribution in [2.75, 3.05) is 16.0 Å². The predicted molar refractivity (Wildman–Crippen MR) is 132 cm³/mol. The molecule has 11 heteroatoms. The Balaban J connectivity index is 1.55. The second-order valence-electron chi connectivity index (χ2n) is 7.92. The van der Waals surface area contributed by atoms with E-state index in [2.05, 4.69) is 36.3 Å². The quantitative estimate of drug-likeness (QED) is 0.284. The number of fused-ring (bicyclic) bond motifs is 1. The standard InChI is InChI=1S/C23H25N9O2/c1-13(2)26-23(34)29-17-10-8-16(9-11-17)28-22-30-20(18-12-25-32(3)21(18)31-22)27-15-6-4-14(5-7-15)19(24)33/h4-13H,1-3H3,(H2,24,33)(H2,26,29,34)(H2,27,28,30,31). The first-order valence-electron chi connectivity index (χ1n) is 10.6. The number of anilines is 5. The fourth-order valence-corrected chi connectivity index (χ4v) is 3.22. The highest BCUT2D eigenvalue weighted by Gasteiger charge is 2.13. The first kappa shape index (κ1) is 22.5. The van der Waals surface area contributed by atoms with Gasteiger partial charge in [0.15, 0.2) is 5.65 Å². The number of carbonyl (C=O) groups excluding carboxylic acids is 2. The van der Waals surface area contributed by atoms with Crippen molar-refractivity contribution in [1.29, 1.82) is 0 Å². The third kappa shape index (κ3) is 5.21. The molecule has 0 saturated heterocycles. The van der Waals surface area contributed by atoms with Gasteiger partial charge in [0.2, 0.25) is 11.9 Å². The van der Waals surface area contributed by atoms with Crippen molar-refractivity contribution in [1.82, 2.24) is 25.1 Å². The van der Waals surface area contributed by atoms with Crippen molar-refractivity contribution >= 4 is 51.8 Å². The Morgan fingerprint density at radius 3 is 2.18 bits per heavy atom. The summed E-state index contributed by atoms with van der Waals surface area (Å²) in [6.07, 6.45) is 1.68. The number of carbonyl (C=O) groups is 2. The number of nitrogens with two attached hydrogens (primary N) is 1. The van der Waals surface area contributed by atoms with E-state index >= 15 is 0 Å². The van der Waals surface area contributed by atoms with Crippen LogP contribution in [0.3, 0.4) is 0 Å². The van der Waals surface area contributed by atoms with E-state index in [1.165, 1.54) is 0 Å². The van der Waals surface area contributed by atoms with Crippen molar-refractivity contribution in [3.63, 3.8) is 0 Å². The second-order valence-corrected chi connectivity index (χ2v) is 7.92. The first-order chi connectivity index (χ1) is 16.3. The molecule has 174 valence electrons. The van der Waals surface area contributed by atoms with Gasteiger partial charge in [-0.3, -0.25) is 9.48 Å². The lowest BCUT2D eigenvalue weighted by molar-refractivity contribution is 0.100. The van der Waals surface area contributed by atoms with E-state index in [1.807, 2.05) is 26.0 Å². The molecule has 0 aliphatic carbocycles. The summed E-state index contributed by atoms with van der Waals surface area (Å²) in [5.74, 6) is 0.429. The van der Waals surface area contributed by atoms with Crippen LogP contribution in [0, 0.1) is 0 Å². The zero-order valence-corrected chi connectivity index (χ0v) is 19.0. The molecule has 0 aliphatic rings. The van der Waals surface area contributed by atoms with Gasteiger partial charge >= 0.3 is 6.03 Å². The fraction of sp³-hybridized carbons (Fsp3) is 0.174. The van der Waals surface area contributed by atoms with Crippen molar-refractivity contribution in [2.24, 2.45) is 12.8 Å². The topological polar surface area (TPSA) is 152 Å². The summed E-state index contributed by atoms with van der Waals surface area (Å²) in [5.41, 5.74) is 8.51. The number of aryl methyl sites for hydroxylation is 1. The average molecular weight is 460 g/mol. The van der Waals surface area contributed by atoms with Crippen LogP contribution in [-0.4, -0.2) is 37.7 Å². The monoisotopic (exact) mass is 459 g/mol. The number of aromatic nitrogens is 4. The number of urea groups is 1. The van der Waals surface area contributed by atoms with Crippen LogP contribution in [-0.2, 0) is 7.05 Å². The summed E-state index contributed by atoms with van der Waals surface area (Å²) in [6, 6.07) is 13.8. The van der Waals surface area contributed by atoms with E-state index in [1.54, 1.807) is 54.3 Å². The molecule has 0 bridgehead atoms. The molecule has 2 heterocycles. The van der Waals surface area contributed by atoms with E-state index < -0.39 is 5.91 Å². The predicted octanol–water partition coefficient (Wildman–Crippen LogP) is 3.48. The van der Waals surface area contributed by atoms with Gasteiger partial charge in [0, 0.05) is 35.7 Å². The number of primary amides is 1. The number of hydrogen-bond donors (Lipinski definition) is 5. The number of benzene rings is 2. The lowest BCUT2D eigenvalue weighted by atomic mass is 10.2. The van der Waals surface area contributed by atoms with Gasteiger partial charge in [-0.05, 0) is 62.4 Å². The fourth-order valence-electron chi connectivity index (χ4n) is 3.22. The van der Waals surface area contributed by atoms with Crippen molar-refractivity contribution in [3.05, 3.63) is 60.3 Å². The SMILES string of the molecule is CC(C)NC(=O)Nc1ccc(Nc2nc(Nc3ccc(C(N)=O)cc3)c3cnn(C)c3n2)cc1. The van der Waals surface area contributed by atoms with Crippen molar-refractivity contribution in [3.8, 4) is 0 Å². The van der Waals surface area contributed by atoms with Gasteiger partial charge in [-0.15, -0.1) is 0 Å². The third-order valence-corrected chi connectivity index (χ3v) is 4.84. The molecule has 0 fully saturated rings. The largest absolute Gasteiger partial charge is 0.366 e. The Bertz CT molecular complexity index is 1330. The summed E-state index contributed by atoms with van der Waals surface area (Å²) < 4.78 is 1.66. The van der Waals surface area contributed by atoms with Gasteiger partial charge in [0.25, 0.3) is 0 Å². The minimum absolute atomic E-state index is 0.0453. The van der Waals surface area contributed by atoms with E-state index in [9.17, 15) is 9.59 Å². The maximum Gasteiger partial charge on any atom is 0.319 e. The minimum atomic E-state index is -0.489. The van der Waals surface area contributed by atoms with Crippen LogP contribution in [0.25, 0.3) is 11.0 Å². The van der Waals surface area contributed by atoms with E-state index in [0.717, 1.165) is 16.8 Å². The number of nitrogens with zero attached hydrogens (tertiary/aromatic N) is 4. The maximum absolute atomic E-state index is 11.9. The van der Waals surface area contributed by atoms with Crippen LogP contribution in [0.4, 0.5) is 33.6 Å². The zero-order valence-electron chi connectivity index (χ0n) is 19.0. The van der Waals surface area contributed by atoms with Gasteiger partial charge < -0.3 is 27.0 Å². The highest BCUT2D eigenvalue weighted by molar-refractivity contribution is 5.94. The lowest BCUT2D eigenvalue weighted by Crippen LogP contribution is -2.34. The minimum Gasteiger partial charge on any atom is -0.366 e. The van der Waals surface area contributed by atoms with E-state index in [4.69, 9.17) is 5.73 Å². The van der Waals surface area contributed by atoms with Crippen LogP contribution in [0.15, 0.2) is 54.7 Å². The molecule has 0 unspecified atom stereocenters. The van der Waals surface area contributed by atoms with Crippen LogP contribution >= 0.6 is 0 Å². The van der Waals surface area contributed by atoms with Crippen molar-refractivity contribution < 1.29 is 9.59 Å². The molecule has 0 atom stereocenters. The Kier molecular flexibility index (Phi) is 6.26. The molecule has 2 aromatic carbocycles. The van der Waals surface area contributed by atoms with E-state index in [0.29, 0.717) is 28.7 Å². The average Bonchev–Trinajstić information content (AvgIpc) is 3.16. The molecule has 4 rings (SSSR count). The first-order valence-corrected chi connectivity index (χ1v) is 10.6. The number of rotatable bonds is 7. The second kappa shape index (κ2) is 9.45. The molecule has 6 N–H and O–H groups in total. The molecule has 2 aromatic heterocycles. The summed E-state index contributed by atoms with van der Waals surface area (Å²) in [5, 5.41) is 17.0. The van der Waals surface area contributed by atoms with Gasteiger partial charge in [-0.2, -0.15) is 15.1 Å². The van der Waals surface area contributed by atoms with Crippen LogP contribution < -0.4 is 27.0 Å². The van der Waals surface area contributed by atoms with Crippen LogP contribution in [0.5, 0.6) is 0 Å². The van der Waals surface area contributed by atoms with Gasteiger partial charge in [-0.25, -0.2) is 4.79 Å². The summed E-state index contributed by atoms with van der Waals surface area (Å²) >= 11 is 0. The Hall–Kier alpha value is -4.67. The lowest BCUT2D eigenvalue weighted by Gasteiger charge is -2.12. The molecule has 0 spiro atoms. The summed E-state index contributed by atoms with van der Waals surface area (Å²) in [7, 11) is 1.80. The molecule has 3 amide bonds. The highest BCUT2D eigenvalue weighted by atomic mass is 16.2. The molecule has 0 radical (unpaired) electrons. The highest BCUT2D eigenvalue weighted by Crippen LogP contribution is 2.26. The number of amides is 3. The molecule has 11 nitrogen and oxygen atoms in total. The Morgan fingerprint density at radius 2 is 1.53 bits per heavy atom.